The lowest BCUT2D eigenvalue weighted by Gasteiger charge is -1.84. The summed E-state index contributed by atoms with van der Waals surface area (Å²) in [6.45, 7) is 22.2. The van der Waals surface area contributed by atoms with Crippen LogP contribution in [0.5, 0.6) is 0 Å². The summed E-state index contributed by atoms with van der Waals surface area (Å²) in [4.78, 5) is 152. The van der Waals surface area contributed by atoms with E-state index in [2.05, 4.69) is 34.9 Å². The first-order valence-corrected chi connectivity index (χ1v) is 34.0. The number of thiophene rings is 3. The van der Waals surface area contributed by atoms with Crippen LogP contribution in [0.15, 0.2) is 145 Å². The Morgan fingerprint density at radius 2 is 0.815 bits per heavy atom. The van der Waals surface area contributed by atoms with Gasteiger partial charge in [0.05, 0.1) is 27.1 Å². The minimum atomic E-state index is -0.636. The average Bonchev–Trinajstić information content (AvgIpc) is 1.96. The van der Waals surface area contributed by atoms with Crippen molar-refractivity contribution in [1.82, 2.24) is 34.9 Å². The highest BCUT2D eigenvalue weighted by Crippen LogP contribution is 2.16. The van der Waals surface area contributed by atoms with E-state index in [-0.39, 0.29) is 46.7 Å². The Morgan fingerprint density at radius 1 is 0.343 bits per heavy atom. The molecule has 0 saturated heterocycles. The van der Waals surface area contributed by atoms with Gasteiger partial charge in [0.1, 0.15) is 34.4 Å². The van der Waals surface area contributed by atoms with Crippen molar-refractivity contribution >= 4 is 116 Å². The summed E-state index contributed by atoms with van der Waals surface area (Å²) in [5.41, 5.74) is 66.4. The minimum Gasteiger partial charge on any atom is -0.459 e. The first-order valence-electron chi connectivity index (χ1n) is 30.7. The van der Waals surface area contributed by atoms with E-state index in [9.17, 15) is 57.5 Å². The van der Waals surface area contributed by atoms with E-state index >= 15 is 0 Å². The SMILES string of the molecule is Cc1c[nH]c(C(N)=O)c1.Cc1ccc(C(N)=O)[nH]1.Cc1ccc(C(N)=O)[nH]1.Cc1ccc(C(N)=O)o1.Cc1ccc(C(N)=O)o1.Cc1ccc(C(N)=O)s1.Cc1ccc(C(N)=O)s1.Cc1cnc(C(N)=O)[nH]1.Cc1cnc(C(N)=O)o1.Cc1cnc(C(N)=O)s1.Cc1coc(C(N)=O)c1.Cc1csc(C(N)=O)c1. The van der Waals surface area contributed by atoms with Gasteiger partial charge < -0.3 is 106 Å². The van der Waals surface area contributed by atoms with Crippen molar-refractivity contribution in [3.05, 3.63) is 259 Å². The van der Waals surface area contributed by atoms with E-state index in [1.807, 2.05) is 72.9 Å². The van der Waals surface area contributed by atoms with Crippen LogP contribution in [0.2, 0.25) is 0 Å². The van der Waals surface area contributed by atoms with Crippen molar-refractivity contribution in [3.8, 4) is 0 Å². The molecule has 12 aromatic rings. The molecule has 0 unspecified atom stereocenters. The molecule has 0 aliphatic rings. The van der Waals surface area contributed by atoms with Crippen LogP contribution in [0.1, 0.15) is 189 Å². The number of aromatic nitrogens is 7. The van der Waals surface area contributed by atoms with E-state index in [1.165, 1.54) is 57.8 Å². The van der Waals surface area contributed by atoms with Crippen LogP contribution in [-0.4, -0.2) is 106 Å². The summed E-state index contributed by atoms with van der Waals surface area (Å²) < 4.78 is 19.3. The van der Waals surface area contributed by atoms with Crippen LogP contribution in [-0.2, 0) is 0 Å². The predicted molar refractivity (Wildman–Crippen MR) is 408 cm³/mol. The Morgan fingerprint density at radius 3 is 0.981 bits per heavy atom. The highest BCUT2D eigenvalue weighted by Gasteiger charge is 2.09. The summed E-state index contributed by atoms with van der Waals surface area (Å²) >= 11 is 5.54. The number of thiazole rings is 1. The zero-order chi connectivity index (χ0) is 82.2. The molecule has 35 nitrogen and oxygen atoms in total. The fourth-order valence-corrected chi connectivity index (χ4v) is 9.61. The van der Waals surface area contributed by atoms with Crippen LogP contribution in [0.4, 0.5) is 0 Å². The van der Waals surface area contributed by atoms with Crippen LogP contribution < -0.4 is 68.8 Å². The van der Waals surface area contributed by atoms with Crippen molar-refractivity contribution in [2.24, 2.45) is 68.8 Å². The number of hydrogen-bond donors (Lipinski definition) is 16. The van der Waals surface area contributed by atoms with Gasteiger partial charge in [-0.1, -0.05) is 0 Å². The first-order chi connectivity index (χ1) is 50.4. The second-order valence-electron chi connectivity index (χ2n) is 21.7. The maximum Gasteiger partial charge on any atom is 0.304 e. The topological polar surface area (TPSA) is 671 Å². The molecule has 576 valence electrons. The van der Waals surface area contributed by atoms with Gasteiger partial charge in [-0.2, -0.15) is 0 Å². The van der Waals surface area contributed by atoms with E-state index in [0.29, 0.717) is 54.0 Å². The molecule has 108 heavy (non-hydrogen) atoms. The van der Waals surface area contributed by atoms with E-state index in [1.54, 1.807) is 125 Å². The molecule has 0 spiro atoms. The molecule has 0 aliphatic heterocycles. The first kappa shape index (κ1) is 92.5. The summed E-state index contributed by atoms with van der Waals surface area (Å²) in [6.07, 6.45) is 7.85. The number of nitrogens with zero attached hydrogens (tertiary/aromatic N) is 3. The standard InChI is InChI=1S/3C6H8N2O.3C6H7NO2.3C6H7NOS.C5H7N3O.C5H6N2O2.C5H6N2OS/c1-4-2-5(6(7)9)8-3-4;2*1-4-2-3-5(8-4)6(7)9;1-4-2-5(6(7)8)9-3-4;2*1-4-2-3-5(9-4)6(7)8;1-4-2-5(6(7)8)9-3-4;2*1-4-2-3-5(9-4)6(7)8;1-3-2-7-5(8-3)4(6)9;2*1-3-2-7-5(9-3)4(6)8/h3*2-3,8H,1H3,(H2,7,9);6*2-3H,1H3,(H2,7,8);2H,1H3,(H2,6,9)(H,7,8);2*2H,1H3,(H2,6,8). The third-order valence-corrected chi connectivity index (χ3v) is 15.8. The lowest BCUT2D eigenvalue weighted by Crippen LogP contribution is -2.12. The summed E-state index contributed by atoms with van der Waals surface area (Å²) in [7, 11) is 0. The zero-order valence-corrected chi connectivity index (χ0v) is 63.8. The highest BCUT2D eigenvalue weighted by molar-refractivity contribution is 7.14. The van der Waals surface area contributed by atoms with Crippen LogP contribution in [0.25, 0.3) is 0 Å². The third kappa shape index (κ3) is 38.1. The largest absolute Gasteiger partial charge is 0.459 e. The highest BCUT2D eigenvalue weighted by atomic mass is 32.1. The molecule has 28 N–H and O–H groups in total. The number of aromatic amines is 4. The molecular weight excluding hydrogens is 1480 g/mol. The average molecular weight is 1560 g/mol. The Hall–Kier alpha value is -13.5. The number of primary amides is 12. The summed E-state index contributed by atoms with van der Waals surface area (Å²) in [5, 5.41) is 2.28. The zero-order valence-electron chi connectivity index (χ0n) is 60.6. The van der Waals surface area contributed by atoms with Crippen molar-refractivity contribution in [3.63, 3.8) is 0 Å². The normalized spacial score (nSPS) is 9.44. The Balaban J connectivity index is 0.000000589. The number of H-pyrrole nitrogens is 4. The number of hydrogen-bond acceptors (Lipinski definition) is 23. The number of imidazole rings is 1. The van der Waals surface area contributed by atoms with Gasteiger partial charge >= 0.3 is 5.91 Å². The molecule has 12 rings (SSSR count). The third-order valence-electron chi connectivity index (χ3n) is 11.8. The van der Waals surface area contributed by atoms with Gasteiger partial charge in [0, 0.05) is 50.3 Å². The molecule has 0 fully saturated rings. The second kappa shape index (κ2) is 47.0. The summed E-state index contributed by atoms with van der Waals surface area (Å²) in [6, 6.07) is 25.8. The fraction of sp³-hybridized carbons (Fsp3) is 0.174. The second-order valence-corrected chi connectivity index (χ2v) is 26.4. The monoisotopic (exact) mass is 1560 g/mol. The quantitative estimate of drug-likeness (QED) is 0.0573. The number of oxazole rings is 1. The number of carbonyl (C=O) groups is 12. The lowest BCUT2D eigenvalue weighted by atomic mass is 10.3. The van der Waals surface area contributed by atoms with Crippen LogP contribution >= 0.6 is 45.3 Å². The number of furan rings is 3. The van der Waals surface area contributed by atoms with Crippen molar-refractivity contribution in [1.29, 1.82) is 0 Å². The Kier molecular flexibility index (Phi) is 40.2. The minimum absolute atomic E-state index is 0.0347. The van der Waals surface area contributed by atoms with Gasteiger partial charge in [0.2, 0.25) is 0 Å². The number of carbonyl (C=O) groups excluding carboxylic acids is 12. The van der Waals surface area contributed by atoms with Crippen molar-refractivity contribution in [2.75, 3.05) is 0 Å². The van der Waals surface area contributed by atoms with Gasteiger partial charge in [0.15, 0.2) is 28.1 Å². The lowest BCUT2D eigenvalue weighted by molar-refractivity contribution is 0.0959. The number of nitrogens with one attached hydrogen (secondary N) is 4. The molecule has 12 heterocycles. The Bertz CT molecular complexity index is 3820. The van der Waals surface area contributed by atoms with Crippen molar-refractivity contribution in [2.45, 2.75) is 83.1 Å². The molecular formula is C69H85N19O16S4. The van der Waals surface area contributed by atoms with Gasteiger partial charge in [-0.15, -0.1) is 45.3 Å². The van der Waals surface area contributed by atoms with Crippen LogP contribution in [0.3, 0.4) is 0 Å². The molecule has 0 radical (unpaired) electrons. The molecule has 12 aromatic heterocycles. The molecule has 0 aliphatic carbocycles. The molecule has 0 bridgehead atoms. The molecule has 12 amide bonds. The van der Waals surface area contributed by atoms with Gasteiger partial charge in [-0.3, -0.25) is 57.5 Å². The number of aryl methyl sites for hydroxylation is 12. The van der Waals surface area contributed by atoms with E-state index < -0.39 is 53.2 Å². The van der Waals surface area contributed by atoms with Gasteiger partial charge in [-0.25, -0.2) is 15.0 Å². The summed E-state index contributed by atoms with van der Waals surface area (Å²) in [5.74, 6) is -2.64. The smallest absolute Gasteiger partial charge is 0.304 e. The number of nitrogens with two attached hydrogens (primary N) is 12. The number of amides is 12. The van der Waals surface area contributed by atoms with E-state index in [4.69, 9.17) is 86.5 Å². The van der Waals surface area contributed by atoms with Crippen LogP contribution in [0, 0.1) is 83.1 Å². The molecule has 0 atom stereocenters. The Labute approximate surface area is 633 Å². The molecule has 0 saturated carbocycles. The van der Waals surface area contributed by atoms with Gasteiger partial charge in [0.25, 0.3) is 70.9 Å². The molecule has 39 heteroatoms. The maximum atomic E-state index is 10.4. The van der Waals surface area contributed by atoms with Gasteiger partial charge in [-0.05, 0) is 196 Å². The van der Waals surface area contributed by atoms with Crippen molar-refractivity contribution < 1.29 is 75.2 Å². The predicted octanol–water partition coefficient (Wildman–Crippen LogP) is 7.24. The maximum absolute atomic E-state index is 10.4. The fourth-order valence-electron chi connectivity index (χ4n) is 6.80. The van der Waals surface area contributed by atoms with E-state index in [0.717, 1.165) is 48.4 Å². The molecule has 0 aromatic carbocycles. The number of rotatable bonds is 12.